The molecule has 0 N–H and O–H groups in total. The van der Waals surface area contributed by atoms with E-state index in [1.807, 2.05) is 18.4 Å². The average Bonchev–Trinajstić information content (AvgIpc) is 2.19. The summed E-state index contributed by atoms with van der Waals surface area (Å²) >= 11 is 1.71. The van der Waals surface area contributed by atoms with Crippen molar-refractivity contribution in [3.8, 4) is 0 Å². The molecule has 0 unspecified atom stereocenters. The standard InChI is InChI=1S/C10H11NOS/c1-13-10-4-2-3-9(7-10)5-6-11-8-12/h2-4,7H,5-6H2,1H3. The molecule has 0 saturated carbocycles. The summed E-state index contributed by atoms with van der Waals surface area (Å²) in [4.78, 5) is 14.6. The maximum Gasteiger partial charge on any atom is 0.234 e. The van der Waals surface area contributed by atoms with Crippen LogP contribution in [0, 0.1) is 0 Å². The minimum Gasteiger partial charge on any atom is -0.211 e. The molecule has 1 aromatic carbocycles. The summed E-state index contributed by atoms with van der Waals surface area (Å²) < 4.78 is 0. The van der Waals surface area contributed by atoms with Crippen molar-refractivity contribution in [3.63, 3.8) is 0 Å². The zero-order chi connectivity index (χ0) is 9.52. The lowest BCUT2D eigenvalue weighted by molar-refractivity contribution is 0.563. The number of hydrogen-bond donors (Lipinski definition) is 0. The quantitative estimate of drug-likeness (QED) is 0.417. The summed E-state index contributed by atoms with van der Waals surface area (Å²) in [6.07, 6.45) is 4.39. The summed E-state index contributed by atoms with van der Waals surface area (Å²) in [5.74, 6) is 0. The number of thioether (sulfide) groups is 1. The molecule has 0 aliphatic rings. The van der Waals surface area contributed by atoms with Crippen LogP contribution in [-0.4, -0.2) is 18.9 Å². The first-order valence-electron chi connectivity index (χ1n) is 4.03. The Labute approximate surface area is 82.1 Å². The Morgan fingerprint density at radius 3 is 3.08 bits per heavy atom. The van der Waals surface area contributed by atoms with Crippen LogP contribution >= 0.6 is 11.8 Å². The van der Waals surface area contributed by atoms with Crippen LogP contribution in [0.4, 0.5) is 0 Å². The van der Waals surface area contributed by atoms with Gasteiger partial charge in [0.1, 0.15) is 0 Å². The minimum atomic E-state index is 0.529. The van der Waals surface area contributed by atoms with Gasteiger partial charge in [0.05, 0.1) is 6.54 Å². The third-order valence-corrected chi connectivity index (χ3v) is 2.44. The largest absolute Gasteiger partial charge is 0.234 e. The lowest BCUT2D eigenvalue weighted by Crippen LogP contribution is -1.88. The van der Waals surface area contributed by atoms with Crippen LogP contribution in [0.1, 0.15) is 5.56 Å². The highest BCUT2D eigenvalue weighted by atomic mass is 32.2. The third kappa shape index (κ3) is 3.45. The van der Waals surface area contributed by atoms with Crippen molar-refractivity contribution in [2.24, 2.45) is 4.99 Å². The molecule has 2 nitrogen and oxygen atoms in total. The smallest absolute Gasteiger partial charge is 0.211 e. The summed E-state index contributed by atoms with van der Waals surface area (Å²) in [5.41, 5.74) is 1.21. The highest BCUT2D eigenvalue weighted by Gasteiger charge is 1.93. The number of isocyanates is 1. The van der Waals surface area contributed by atoms with Gasteiger partial charge in [-0.1, -0.05) is 12.1 Å². The summed E-state index contributed by atoms with van der Waals surface area (Å²) in [6.45, 7) is 0.529. The van der Waals surface area contributed by atoms with Gasteiger partial charge in [-0.05, 0) is 30.4 Å². The predicted molar refractivity (Wildman–Crippen MR) is 54.9 cm³/mol. The number of carbonyl (C=O) groups excluding carboxylic acids is 1. The van der Waals surface area contributed by atoms with E-state index in [1.165, 1.54) is 16.5 Å². The van der Waals surface area contributed by atoms with Gasteiger partial charge in [0.2, 0.25) is 6.08 Å². The van der Waals surface area contributed by atoms with Crippen LogP contribution in [0.25, 0.3) is 0 Å². The molecule has 0 fully saturated rings. The van der Waals surface area contributed by atoms with Crippen LogP contribution in [-0.2, 0) is 11.2 Å². The van der Waals surface area contributed by atoms with Gasteiger partial charge < -0.3 is 0 Å². The molecule has 1 rings (SSSR count). The van der Waals surface area contributed by atoms with Crippen LogP contribution in [0.5, 0.6) is 0 Å². The van der Waals surface area contributed by atoms with Gasteiger partial charge in [0, 0.05) is 4.90 Å². The fourth-order valence-corrected chi connectivity index (χ4v) is 1.54. The molecule has 0 bridgehead atoms. The van der Waals surface area contributed by atoms with Crippen molar-refractivity contribution in [1.82, 2.24) is 0 Å². The Kier molecular flexibility index (Phi) is 4.30. The SMILES string of the molecule is CSc1cccc(CCN=C=O)c1. The highest BCUT2D eigenvalue weighted by Crippen LogP contribution is 2.15. The average molecular weight is 193 g/mol. The van der Waals surface area contributed by atoms with Gasteiger partial charge in [-0.2, -0.15) is 0 Å². The van der Waals surface area contributed by atoms with Gasteiger partial charge in [0.15, 0.2) is 0 Å². The van der Waals surface area contributed by atoms with Crippen LogP contribution in [0.2, 0.25) is 0 Å². The Bertz CT molecular complexity index is 318. The lowest BCUT2D eigenvalue weighted by Gasteiger charge is -2.00. The van der Waals surface area contributed by atoms with Crippen LogP contribution < -0.4 is 0 Å². The third-order valence-electron chi connectivity index (χ3n) is 1.71. The molecule has 0 saturated heterocycles. The first-order chi connectivity index (χ1) is 6.36. The molecule has 0 aromatic heterocycles. The summed E-state index contributed by atoms with van der Waals surface area (Å²) in [7, 11) is 0. The Morgan fingerprint density at radius 2 is 2.38 bits per heavy atom. The van der Waals surface area contributed by atoms with Gasteiger partial charge >= 0.3 is 0 Å². The molecular weight excluding hydrogens is 182 g/mol. The van der Waals surface area contributed by atoms with Crippen molar-refractivity contribution in [2.45, 2.75) is 11.3 Å². The maximum absolute atomic E-state index is 9.82. The predicted octanol–water partition coefficient (Wildman–Crippen LogP) is 2.29. The summed E-state index contributed by atoms with van der Waals surface area (Å²) in [5, 5.41) is 0. The first-order valence-corrected chi connectivity index (χ1v) is 5.26. The number of aliphatic imine (C=N–C) groups is 1. The Balaban J connectivity index is 2.60. The van der Waals surface area contributed by atoms with E-state index in [1.54, 1.807) is 11.8 Å². The zero-order valence-electron chi connectivity index (χ0n) is 7.49. The van der Waals surface area contributed by atoms with Gasteiger partial charge in [-0.15, -0.1) is 11.8 Å². The van der Waals surface area contributed by atoms with E-state index >= 15 is 0 Å². The van der Waals surface area contributed by atoms with Crippen LogP contribution in [0.3, 0.4) is 0 Å². The van der Waals surface area contributed by atoms with Crippen LogP contribution in [0.15, 0.2) is 34.2 Å². The molecule has 0 heterocycles. The zero-order valence-corrected chi connectivity index (χ0v) is 8.30. The van der Waals surface area contributed by atoms with E-state index in [4.69, 9.17) is 0 Å². The molecule has 0 aliphatic carbocycles. The second kappa shape index (κ2) is 5.57. The molecule has 0 amide bonds. The monoisotopic (exact) mass is 193 g/mol. The van der Waals surface area contributed by atoms with E-state index in [0.29, 0.717) is 6.54 Å². The first kappa shape index (κ1) is 10.0. The van der Waals surface area contributed by atoms with Crippen molar-refractivity contribution in [2.75, 3.05) is 12.8 Å². The number of rotatable bonds is 4. The Morgan fingerprint density at radius 1 is 1.54 bits per heavy atom. The van der Waals surface area contributed by atoms with E-state index in [-0.39, 0.29) is 0 Å². The van der Waals surface area contributed by atoms with Crippen molar-refractivity contribution < 1.29 is 4.79 Å². The van der Waals surface area contributed by atoms with Gasteiger partial charge in [0.25, 0.3) is 0 Å². The molecular formula is C10H11NOS. The van der Waals surface area contributed by atoms with Crippen molar-refractivity contribution >= 4 is 17.8 Å². The molecule has 68 valence electrons. The normalized spacial score (nSPS) is 9.31. The van der Waals surface area contributed by atoms with Crippen molar-refractivity contribution in [3.05, 3.63) is 29.8 Å². The van der Waals surface area contributed by atoms with Gasteiger partial charge in [-0.25, -0.2) is 9.79 Å². The summed E-state index contributed by atoms with van der Waals surface area (Å²) in [6, 6.07) is 8.24. The molecule has 0 atom stereocenters. The van der Waals surface area contributed by atoms with Crippen molar-refractivity contribution in [1.29, 1.82) is 0 Å². The number of hydrogen-bond acceptors (Lipinski definition) is 3. The fourth-order valence-electron chi connectivity index (χ4n) is 1.06. The minimum absolute atomic E-state index is 0.529. The second-order valence-electron chi connectivity index (χ2n) is 2.57. The topological polar surface area (TPSA) is 29.4 Å². The second-order valence-corrected chi connectivity index (χ2v) is 3.45. The molecule has 1 aromatic rings. The maximum atomic E-state index is 9.82. The molecule has 0 spiro atoms. The fraction of sp³-hybridized carbons (Fsp3) is 0.300. The molecule has 3 heteroatoms. The number of nitrogens with zero attached hydrogens (tertiary/aromatic N) is 1. The lowest BCUT2D eigenvalue weighted by atomic mass is 10.1. The van der Waals surface area contributed by atoms with E-state index in [0.717, 1.165) is 6.42 Å². The molecule has 0 radical (unpaired) electrons. The highest BCUT2D eigenvalue weighted by molar-refractivity contribution is 7.98. The van der Waals surface area contributed by atoms with E-state index < -0.39 is 0 Å². The van der Waals surface area contributed by atoms with E-state index in [2.05, 4.69) is 17.1 Å². The van der Waals surface area contributed by atoms with Gasteiger partial charge in [-0.3, -0.25) is 0 Å². The molecule has 13 heavy (non-hydrogen) atoms. The van der Waals surface area contributed by atoms with E-state index in [9.17, 15) is 4.79 Å². The number of benzene rings is 1. The molecule has 0 aliphatic heterocycles. The Hall–Kier alpha value is -1.05.